The van der Waals surface area contributed by atoms with Gasteiger partial charge in [-0.15, -0.1) is 11.8 Å². The molecular formula is C9H16N2OS. The van der Waals surface area contributed by atoms with Gasteiger partial charge in [0.2, 0.25) is 5.91 Å². The molecule has 0 radical (unpaired) electrons. The van der Waals surface area contributed by atoms with Crippen LogP contribution >= 0.6 is 11.8 Å². The molecule has 1 aliphatic carbocycles. The van der Waals surface area contributed by atoms with E-state index in [4.69, 9.17) is 0 Å². The molecule has 3 nitrogen and oxygen atoms in total. The lowest BCUT2D eigenvalue weighted by Crippen LogP contribution is -2.59. The first-order chi connectivity index (χ1) is 6.29. The Morgan fingerprint density at radius 3 is 2.77 bits per heavy atom. The van der Waals surface area contributed by atoms with E-state index in [1.54, 1.807) is 0 Å². The SMILES string of the molecule is CNC1CN(C(=O)CSC2CC2)C1. The van der Waals surface area contributed by atoms with Crippen LogP contribution in [0.1, 0.15) is 12.8 Å². The minimum Gasteiger partial charge on any atom is -0.339 e. The molecule has 4 heteroatoms. The standard InChI is InChI=1S/C9H16N2OS/c1-10-7-4-11(5-7)9(12)6-13-8-2-3-8/h7-8,10H,2-6H2,1H3. The van der Waals surface area contributed by atoms with Crippen molar-refractivity contribution >= 4 is 17.7 Å². The molecule has 2 rings (SSSR count). The molecule has 1 heterocycles. The van der Waals surface area contributed by atoms with Gasteiger partial charge in [0.1, 0.15) is 0 Å². The summed E-state index contributed by atoms with van der Waals surface area (Å²) in [5.41, 5.74) is 0. The van der Waals surface area contributed by atoms with E-state index in [9.17, 15) is 4.79 Å². The molecule has 1 amide bonds. The largest absolute Gasteiger partial charge is 0.339 e. The Labute approximate surface area is 83.2 Å². The lowest BCUT2D eigenvalue weighted by atomic mass is 10.1. The highest BCUT2D eigenvalue weighted by Crippen LogP contribution is 2.34. The van der Waals surface area contributed by atoms with E-state index in [-0.39, 0.29) is 0 Å². The smallest absolute Gasteiger partial charge is 0.232 e. The maximum Gasteiger partial charge on any atom is 0.232 e. The number of likely N-dealkylation sites (tertiary alicyclic amines) is 1. The summed E-state index contributed by atoms with van der Waals surface area (Å²) in [6, 6.07) is 0.537. The zero-order chi connectivity index (χ0) is 9.26. The van der Waals surface area contributed by atoms with Crippen LogP contribution in [0, 0.1) is 0 Å². The lowest BCUT2D eigenvalue weighted by molar-refractivity contribution is -0.132. The van der Waals surface area contributed by atoms with E-state index in [0.717, 1.165) is 18.3 Å². The molecule has 0 spiro atoms. The molecule has 13 heavy (non-hydrogen) atoms. The van der Waals surface area contributed by atoms with Crippen LogP contribution in [-0.2, 0) is 4.79 Å². The lowest BCUT2D eigenvalue weighted by Gasteiger charge is -2.39. The predicted octanol–water partition coefficient (Wildman–Crippen LogP) is 0.312. The fourth-order valence-corrected chi connectivity index (χ4v) is 2.41. The van der Waals surface area contributed by atoms with E-state index in [1.807, 2.05) is 23.7 Å². The molecule has 0 aromatic rings. The monoisotopic (exact) mass is 200 g/mol. The van der Waals surface area contributed by atoms with Crippen molar-refractivity contribution in [3.05, 3.63) is 0 Å². The van der Waals surface area contributed by atoms with Gasteiger partial charge >= 0.3 is 0 Å². The quantitative estimate of drug-likeness (QED) is 0.709. The zero-order valence-corrected chi connectivity index (χ0v) is 8.77. The maximum atomic E-state index is 11.5. The highest BCUT2D eigenvalue weighted by molar-refractivity contribution is 8.00. The van der Waals surface area contributed by atoms with Gasteiger partial charge < -0.3 is 10.2 Å². The Hall–Kier alpha value is -0.220. The summed E-state index contributed by atoms with van der Waals surface area (Å²) >= 11 is 1.83. The Morgan fingerprint density at radius 1 is 1.54 bits per heavy atom. The van der Waals surface area contributed by atoms with Gasteiger partial charge in [0.05, 0.1) is 5.75 Å². The molecule has 1 saturated carbocycles. The van der Waals surface area contributed by atoms with Crippen LogP contribution in [0.15, 0.2) is 0 Å². The van der Waals surface area contributed by atoms with Gasteiger partial charge in [-0.25, -0.2) is 0 Å². The number of likely N-dealkylation sites (N-methyl/N-ethyl adjacent to an activating group) is 1. The predicted molar refractivity (Wildman–Crippen MR) is 54.9 cm³/mol. The summed E-state index contributed by atoms with van der Waals surface area (Å²) in [4.78, 5) is 13.4. The second kappa shape index (κ2) is 3.88. The second-order valence-corrected chi connectivity index (χ2v) is 5.08. The third-order valence-corrected chi connectivity index (χ3v) is 3.97. The summed E-state index contributed by atoms with van der Waals surface area (Å²) in [7, 11) is 1.95. The average molecular weight is 200 g/mol. The maximum absolute atomic E-state index is 11.5. The highest BCUT2D eigenvalue weighted by Gasteiger charge is 2.30. The molecule has 0 bridgehead atoms. The van der Waals surface area contributed by atoms with Gasteiger partial charge in [-0.2, -0.15) is 0 Å². The van der Waals surface area contributed by atoms with Crippen LogP contribution in [0.3, 0.4) is 0 Å². The normalized spacial score (nSPS) is 23.0. The van der Waals surface area contributed by atoms with Crippen molar-refractivity contribution in [2.75, 3.05) is 25.9 Å². The third-order valence-electron chi connectivity index (χ3n) is 2.61. The van der Waals surface area contributed by atoms with Crippen molar-refractivity contribution in [2.45, 2.75) is 24.1 Å². The van der Waals surface area contributed by atoms with E-state index in [1.165, 1.54) is 12.8 Å². The van der Waals surface area contributed by atoms with Gasteiger partial charge in [0.15, 0.2) is 0 Å². The van der Waals surface area contributed by atoms with Crippen LogP contribution in [0.4, 0.5) is 0 Å². The minimum atomic E-state index is 0.323. The fraction of sp³-hybridized carbons (Fsp3) is 0.889. The summed E-state index contributed by atoms with van der Waals surface area (Å²) in [5, 5.41) is 3.96. The Kier molecular flexibility index (Phi) is 2.79. The van der Waals surface area contributed by atoms with E-state index < -0.39 is 0 Å². The van der Waals surface area contributed by atoms with Crippen molar-refractivity contribution in [3.8, 4) is 0 Å². The Bertz CT molecular complexity index is 200. The van der Waals surface area contributed by atoms with Gasteiger partial charge in [-0.1, -0.05) is 0 Å². The zero-order valence-electron chi connectivity index (χ0n) is 7.95. The number of hydrogen-bond acceptors (Lipinski definition) is 3. The molecule has 1 N–H and O–H groups in total. The van der Waals surface area contributed by atoms with Crippen molar-refractivity contribution < 1.29 is 4.79 Å². The number of nitrogens with one attached hydrogen (secondary N) is 1. The van der Waals surface area contributed by atoms with E-state index in [0.29, 0.717) is 17.7 Å². The summed E-state index contributed by atoms with van der Waals surface area (Å²) in [6.07, 6.45) is 2.63. The van der Waals surface area contributed by atoms with Crippen molar-refractivity contribution in [3.63, 3.8) is 0 Å². The van der Waals surface area contributed by atoms with Crippen LogP contribution in [0.25, 0.3) is 0 Å². The first kappa shape index (κ1) is 9.34. The fourth-order valence-electron chi connectivity index (χ4n) is 1.38. The minimum absolute atomic E-state index is 0.323. The van der Waals surface area contributed by atoms with Gasteiger partial charge in [0.25, 0.3) is 0 Å². The molecule has 74 valence electrons. The molecule has 2 aliphatic rings. The summed E-state index contributed by atoms with van der Waals surface area (Å²) in [5.74, 6) is 1.02. The number of amides is 1. The topological polar surface area (TPSA) is 32.3 Å². The van der Waals surface area contributed by atoms with Crippen LogP contribution in [0.5, 0.6) is 0 Å². The number of carbonyl (C=O) groups is 1. The number of carbonyl (C=O) groups excluding carboxylic acids is 1. The average Bonchev–Trinajstić information content (AvgIpc) is 2.81. The molecule has 2 fully saturated rings. The van der Waals surface area contributed by atoms with Gasteiger partial charge in [-0.3, -0.25) is 4.79 Å². The number of hydrogen-bond donors (Lipinski definition) is 1. The van der Waals surface area contributed by atoms with Crippen LogP contribution in [0.2, 0.25) is 0 Å². The third kappa shape index (κ3) is 2.38. The first-order valence-electron chi connectivity index (χ1n) is 4.86. The first-order valence-corrected chi connectivity index (χ1v) is 5.91. The van der Waals surface area contributed by atoms with Crippen molar-refractivity contribution in [2.24, 2.45) is 0 Å². The molecule has 0 atom stereocenters. The number of rotatable bonds is 4. The Balaban J connectivity index is 1.61. The summed E-state index contributed by atoms with van der Waals surface area (Å²) in [6.45, 7) is 1.81. The molecule has 0 aromatic carbocycles. The van der Waals surface area contributed by atoms with Crippen molar-refractivity contribution in [1.29, 1.82) is 0 Å². The van der Waals surface area contributed by atoms with E-state index in [2.05, 4.69) is 5.32 Å². The molecular weight excluding hydrogens is 184 g/mol. The van der Waals surface area contributed by atoms with Gasteiger partial charge in [-0.05, 0) is 19.9 Å². The Morgan fingerprint density at radius 2 is 2.23 bits per heavy atom. The van der Waals surface area contributed by atoms with Crippen LogP contribution in [-0.4, -0.2) is 48.0 Å². The second-order valence-electron chi connectivity index (χ2n) is 3.79. The molecule has 0 unspecified atom stereocenters. The van der Waals surface area contributed by atoms with Crippen LogP contribution < -0.4 is 5.32 Å². The molecule has 1 aliphatic heterocycles. The summed E-state index contributed by atoms with van der Waals surface area (Å²) < 4.78 is 0. The highest BCUT2D eigenvalue weighted by atomic mass is 32.2. The van der Waals surface area contributed by atoms with Crippen molar-refractivity contribution in [1.82, 2.24) is 10.2 Å². The van der Waals surface area contributed by atoms with E-state index >= 15 is 0 Å². The van der Waals surface area contributed by atoms with Gasteiger partial charge in [0, 0.05) is 24.4 Å². The number of nitrogens with zero attached hydrogens (tertiary/aromatic N) is 1. The molecule has 1 saturated heterocycles. The molecule has 0 aromatic heterocycles. The number of thioether (sulfide) groups is 1.